The van der Waals surface area contributed by atoms with Crippen LogP contribution in [-0.4, -0.2) is 14.9 Å². The molecule has 2 aromatic rings. The molecule has 18 heavy (non-hydrogen) atoms. The molecule has 0 amide bonds. The summed E-state index contributed by atoms with van der Waals surface area (Å²) in [6, 6.07) is 10.0. The van der Waals surface area contributed by atoms with Crippen molar-refractivity contribution in [2.45, 2.75) is 32.4 Å². The van der Waals surface area contributed by atoms with Crippen LogP contribution in [0.5, 0.6) is 0 Å². The summed E-state index contributed by atoms with van der Waals surface area (Å²) < 4.78 is 2.88. The second-order valence-electron chi connectivity index (χ2n) is 4.66. The molecule has 0 radical (unpaired) electrons. The fourth-order valence-electron chi connectivity index (χ4n) is 1.80. The number of nitrogens with zero attached hydrogens (tertiary/aromatic N) is 2. The minimum Gasteiger partial charge on any atom is -0.388 e. The molecule has 1 aromatic carbocycles. The zero-order valence-electron chi connectivity index (χ0n) is 10.5. The minimum absolute atomic E-state index is 0.349. The van der Waals surface area contributed by atoms with Crippen LogP contribution in [0.4, 0.5) is 0 Å². The van der Waals surface area contributed by atoms with Gasteiger partial charge in [-0.05, 0) is 37.6 Å². The molecule has 0 aliphatic carbocycles. The average molecular weight is 309 g/mol. The maximum Gasteiger partial charge on any atom is 0.0846 e. The Hall–Kier alpha value is -1.13. The third-order valence-electron chi connectivity index (χ3n) is 2.83. The number of aliphatic hydroxyl groups excluding tert-OH is 1. The SMILES string of the molecule is CC(C)n1ccc(CC(O)c2cccc(Br)c2)n1. The van der Waals surface area contributed by atoms with Crippen molar-refractivity contribution >= 4 is 15.9 Å². The molecule has 1 heterocycles. The molecular weight excluding hydrogens is 292 g/mol. The van der Waals surface area contributed by atoms with Crippen molar-refractivity contribution in [3.8, 4) is 0 Å². The van der Waals surface area contributed by atoms with E-state index in [1.54, 1.807) is 0 Å². The molecule has 1 N–H and O–H groups in total. The molecule has 0 aliphatic rings. The van der Waals surface area contributed by atoms with Crippen LogP contribution >= 0.6 is 15.9 Å². The van der Waals surface area contributed by atoms with Gasteiger partial charge in [0, 0.05) is 23.1 Å². The first kappa shape index (κ1) is 13.3. The zero-order valence-corrected chi connectivity index (χ0v) is 12.1. The smallest absolute Gasteiger partial charge is 0.0846 e. The molecule has 0 aliphatic heterocycles. The molecule has 0 bridgehead atoms. The minimum atomic E-state index is -0.516. The van der Waals surface area contributed by atoms with Gasteiger partial charge < -0.3 is 5.11 Å². The van der Waals surface area contributed by atoms with Gasteiger partial charge in [0.1, 0.15) is 0 Å². The summed E-state index contributed by atoms with van der Waals surface area (Å²) in [4.78, 5) is 0. The van der Waals surface area contributed by atoms with Crippen LogP contribution in [0.2, 0.25) is 0 Å². The van der Waals surface area contributed by atoms with E-state index in [0.717, 1.165) is 15.7 Å². The molecule has 3 nitrogen and oxygen atoms in total. The second kappa shape index (κ2) is 5.67. The number of hydrogen-bond acceptors (Lipinski definition) is 2. The fraction of sp³-hybridized carbons (Fsp3) is 0.357. The standard InChI is InChI=1S/C14H17BrN2O/c1-10(2)17-7-6-13(16-17)9-14(18)11-4-3-5-12(15)8-11/h3-8,10,14,18H,9H2,1-2H3. The molecule has 1 atom stereocenters. The number of aromatic nitrogens is 2. The lowest BCUT2D eigenvalue weighted by Crippen LogP contribution is -2.05. The van der Waals surface area contributed by atoms with Crippen LogP contribution in [0, 0.1) is 0 Å². The lowest BCUT2D eigenvalue weighted by molar-refractivity contribution is 0.177. The van der Waals surface area contributed by atoms with Crippen molar-refractivity contribution in [3.05, 3.63) is 52.3 Å². The van der Waals surface area contributed by atoms with Crippen molar-refractivity contribution in [1.82, 2.24) is 9.78 Å². The molecule has 0 fully saturated rings. The summed E-state index contributed by atoms with van der Waals surface area (Å²) in [6.45, 7) is 4.17. The highest BCUT2D eigenvalue weighted by Gasteiger charge is 2.11. The van der Waals surface area contributed by atoms with Gasteiger partial charge in [0.2, 0.25) is 0 Å². The summed E-state index contributed by atoms with van der Waals surface area (Å²) in [5.41, 5.74) is 1.82. The number of benzene rings is 1. The monoisotopic (exact) mass is 308 g/mol. The van der Waals surface area contributed by atoms with Crippen LogP contribution in [0.15, 0.2) is 41.0 Å². The molecule has 2 rings (SSSR count). The molecule has 0 spiro atoms. The van der Waals surface area contributed by atoms with E-state index in [-0.39, 0.29) is 0 Å². The Kier molecular flexibility index (Phi) is 4.19. The van der Waals surface area contributed by atoms with Gasteiger partial charge in [-0.25, -0.2) is 0 Å². The van der Waals surface area contributed by atoms with Gasteiger partial charge >= 0.3 is 0 Å². The Morgan fingerprint density at radius 3 is 2.72 bits per heavy atom. The molecule has 4 heteroatoms. The summed E-state index contributed by atoms with van der Waals surface area (Å²) in [5.74, 6) is 0. The average Bonchev–Trinajstić information content (AvgIpc) is 2.77. The summed E-state index contributed by atoms with van der Waals surface area (Å²) in [5, 5.41) is 14.6. The number of rotatable bonds is 4. The third-order valence-corrected chi connectivity index (χ3v) is 3.32. The zero-order chi connectivity index (χ0) is 13.1. The molecule has 96 valence electrons. The van der Waals surface area contributed by atoms with Gasteiger partial charge in [0.25, 0.3) is 0 Å². The Morgan fingerprint density at radius 1 is 1.33 bits per heavy atom. The topological polar surface area (TPSA) is 38.0 Å². The van der Waals surface area contributed by atoms with Gasteiger partial charge in [-0.1, -0.05) is 28.1 Å². The highest BCUT2D eigenvalue weighted by atomic mass is 79.9. The van der Waals surface area contributed by atoms with Gasteiger partial charge in [-0.15, -0.1) is 0 Å². The largest absolute Gasteiger partial charge is 0.388 e. The molecule has 0 saturated heterocycles. The van der Waals surface area contributed by atoms with Gasteiger partial charge in [-0.3, -0.25) is 4.68 Å². The van der Waals surface area contributed by atoms with Crippen molar-refractivity contribution in [1.29, 1.82) is 0 Å². The molecule has 1 unspecified atom stereocenters. The highest BCUT2D eigenvalue weighted by molar-refractivity contribution is 9.10. The Balaban J connectivity index is 2.08. The van der Waals surface area contributed by atoms with E-state index >= 15 is 0 Å². The summed E-state index contributed by atoms with van der Waals surface area (Å²) in [6.07, 6.45) is 1.97. The second-order valence-corrected chi connectivity index (χ2v) is 5.57. The quantitative estimate of drug-likeness (QED) is 0.938. The van der Waals surface area contributed by atoms with Gasteiger partial charge in [0.05, 0.1) is 11.8 Å². The van der Waals surface area contributed by atoms with E-state index in [0.29, 0.717) is 12.5 Å². The normalized spacial score (nSPS) is 12.9. The maximum absolute atomic E-state index is 10.2. The van der Waals surface area contributed by atoms with E-state index in [4.69, 9.17) is 0 Å². The van der Waals surface area contributed by atoms with Crippen LogP contribution < -0.4 is 0 Å². The highest BCUT2D eigenvalue weighted by Crippen LogP contribution is 2.21. The number of halogens is 1. The van der Waals surface area contributed by atoms with E-state index in [9.17, 15) is 5.11 Å². The maximum atomic E-state index is 10.2. The summed E-state index contributed by atoms with van der Waals surface area (Å²) >= 11 is 3.41. The van der Waals surface area contributed by atoms with Gasteiger partial charge in [-0.2, -0.15) is 5.10 Å². The fourth-order valence-corrected chi connectivity index (χ4v) is 2.22. The van der Waals surface area contributed by atoms with Gasteiger partial charge in [0.15, 0.2) is 0 Å². The lowest BCUT2D eigenvalue weighted by Gasteiger charge is -2.10. The Bertz CT molecular complexity index is 522. The summed E-state index contributed by atoms with van der Waals surface area (Å²) in [7, 11) is 0. The van der Waals surface area contributed by atoms with Crippen molar-refractivity contribution in [3.63, 3.8) is 0 Å². The predicted molar refractivity (Wildman–Crippen MR) is 75.4 cm³/mol. The van der Waals surface area contributed by atoms with Crippen molar-refractivity contribution in [2.75, 3.05) is 0 Å². The molecular formula is C14H17BrN2O. The first-order chi connectivity index (χ1) is 8.56. The van der Waals surface area contributed by atoms with Crippen molar-refractivity contribution < 1.29 is 5.11 Å². The van der Waals surface area contributed by atoms with Crippen molar-refractivity contribution in [2.24, 2.45) is 0 Å². The molecule has 1 aromatic heterocycles. The Morgan fingerprint density at radius 2 is 2.11 bits per heavy atom. The number of aliphatic hydroxyl groups is 1. The lowest BCUT2D eigenvalue weighted by atomic mass is 10.1. The van der Waals surface area contributed by atoms with Crippen LogP contribution in [0.25, 0.3) is 0 Å². The third kappa shape index (κ3) is 3.21. The predicted octanol–water partition coefficient (Wildman–Crippen LogP) is 3.50. The van der Waals surface area contributed by atoms with Crippen LogP contribution in [0.3, 0.4) is 0 Å². The van der Waals surface area contributed by atoms with E-state index < -0.39 is 6.10 Å². The van der Waals surface area contributed by atoms with E-state index in [1.165, 1.54) is 0 Å². The first-order valence-electron chi connectivity index (χ1n) is 6.04. The first-order valence-corrected chi connectivity index (χ1v) is 6.83. The number of hydrogen-bond donors (Lipinski definition) is 1. The molecule has 0 saturated carbocycles. The van der Waals surface area contributed by atoms with E-state index in [1.807, 2.05) is 41.2 Å². The Labute approximate surface area is 116 Å². The van der Waals surface area contributed by atoms with Crippen LogP contribution in [0.1, 0.15) is 37.3 Å². The van der Waals surface area contributed by atoms with E-state index in [2.05, 4.69) is 34.9 Å². The van der Waals surface area contributed by atoms with Crippen LogP contribution in [-0.2, 0) is 6.42 Å².